The molecule has 2 saturated heterocycles. The van der Waals surface area contributed by atoms with Gasteiger partial charge in [-0.3, -0.25) is 4.90 Å². The van der Waals surface area contributed by atoms with Crippen LogP contribution in [0.5, 0.6) is 0 Å². The van der Waals surface area contributed by atoms with Crippen molar-refractivity contribution in [3.05, 3.63) is 66.5 Å². The average Bonchev–Trinajstić information content (AvgIpc) is 3.34. The van der Waals surface area contributed by atoms with Gasteiger partial charge in [0.2, 0.25) is 6.29 Å². The van der Waals surface area contributed by atoms with Gasteiger partial charge in [-0.2, -0.15) is 0 Å². The number of hydrogen-bond acceptors (Lipinski definition) is 6. The Hall–Kier alpha value is -2.55. The fourth-order valence-electron chi connectivity index (χ4n) is 4.48. The zero-order chi connectivity index (χ0) is 23.2. The smallest absolute Gasteiger partial charge is 0.217 e. The molecule has 0 bridgehead atoms. The fraction of sp³-hybridized carbons (Fsp3) is 0.444. The lowest BCUT2D eigenvalue weighted by Crippen LogP contribution is -2.46. The van der Waals surface area contributed by atoms with E-state index in [0.29, 0.717) is 19.0 Å². The van der Waals surface area contributed by atoms with E-state index in [1.54, 1.807) is 0 Å². The highest BCUT2D eigenvalue weighted by atomic mass is 16.7. The van der Waals surface area contributed by atoms with Crippen molar-refractivity contribution >= 4 is 0 Å². The molecule has 2 aromatic carbocycles. The first-order valence-corrected chi connectivity index (χ1v) is 12.1. The zero-order valence-corrected chi connectivity index (χ0v) is 19.8. The number of nitrogens with one attached hydrogen (secondary N) is 2. The summed E-state index contributed by atoms with van der Waals surface area (Å²) in [6.45, 7) is 10.0. The molecule has 2 fully saturated rings. The van der Waals surface area contributed by atoms with Crippen LogP contribution in [0.1, 0.15) is 19.0 Å². The Kier molecular flexibility index (Phi) is 7.37. The molecule has 3 heterocycles. The first-order chi connectivity index (χ1) is 16.7. The highest BCUT2D eigenvalue weighted by Gasteiger charge is 2.35. The summed E-state index contributed by atoms with van der Waals surface area (Å²) in [6, 6.07) is 20.5. The SMILES string of the molecule is CC1(CNCCN2CCOCC2)COC(c2nc(-c3ccccc3)c(-c3ccccc3)[nH]2)OC1. The minimum atomic E-state index is -0.499. The molecule has 2 aliphatic rings. The molecule has 7 heteroatoms. The predicted molar refractivity (Wildman–Crippen MR) is 132 cm³/mol. The molecular formula is C27H34N4O3. The number of aromatic nitrogens is 2. The van der Waals surface area contributed by atoms with Gasteiger partial charge in [-0.15, -0.1) is 0 Å². The van der Waals surface area contributed by atoms with E-state index in [4.69, 9.17) is 19.2 Å². The maximum absolute atomic E-state index is 6.18. The summed E-state index contributed by atoms with van der Waals surface area (Å²) >= 11 is 0. The Morgan fingerprint density at radius 3 is 2.29 bits per heavy atom. The molecule has 0 amide bonds. The molecule has 34 heavy (non-hydrogen) atoms. The highest BCUT2D eigenvalue weighted by Crippen LogP contribution is 2.35. The van der Waals surface area contributed by atoms with E-state index in [0.717, 1.165) is 68.5 Å². The number of nitrogens with zero attached hydrogens (tertiary/aromatic N) is 2. The van der Waals surface area contributed by atoms with E-state index in [1.165, 1.54) is 0 Å². The van der Waals surface area contributed by atoms with Crippen LogP contribution in [0.3, 0.4) is 0 Å². The first kappa shape index (κ1) is 23.2. The third-order valence-corrected chi connectivity index (χ3v) is 6.48. The summed E-state index contributed by atoms with van der Waals surface area (Å²) in [4.78, 5) is 10.8. The highest BCUT2D eigenvalue weighted by molar-refractivity contribution is 5.78. The fourth-order valence-corrected chi connectivity index (χ4v) is 4.48. The first-order valence-electron chi connectivity index (χ1n) is 12.1. The van der Waals surface area contributed by atoms with Gasteiger partial charge in [0, 0.05) is 49.3 Å². The van der Waals surface area contributed by atoms with Gasteiger partial charge in [0.15, 0.2) is 5.82 Å². The lowest BCUT2D eigenvalue weighted by Gasteiger charge is -2.37. The second-order valence-electron chi connectivity index (χ2n) is 9.47. The monoisotopic (exact) mass is 462 g/mol. The molecule has 0 radical (unpaired) electrons. The second kappa shape index (κ2) is 10.8. The largest absolute Gasteiger partial charge is 0.379 e. The maximum atomic E-state index is 6.18. The van der Waals surface area contributed by atoms with Gasteiger partial charge >= 0.3 is 0 Å². The lowest BCUT2D eigenvalue weighted by atomic mass is 9.92. The molecule has 0 saturated carbocycles. The number of ether oxygens (including phenoxy) is 3. The molecule has 3 aromatic rings. The molecule has 180 valence electrons. The van der Waals surface area contributed by atoms with Crippen LogP contribution < -0.4 is 5.32 Å². The Labute approximate surface area is 201 Å². The Morgan fingerprint density at radius 1 is 0.971 bits per heavy atom. The van der Waals surface area contributed by atoms with E-state index >= 15 is 0 Å². The number of morpholine rings is 1. The second-order valence-corrected chi connectivity index (χ2v) is 9.47. The summed E-state index contributed by atoms with van der Waals surface area (Å²) in [5, 5.41) is 3.59. The minimum absolute atomic E-state index is 0.0708. The van der Waals surface area contributed by atoms with Gasteiger partial charge < -0.3 is 24.5 Å². The standard InChI is InChI=1S/C27H34N4O3/c1-27(18-28-12-13-31-14-16-32-17-15-31)19-33-26(34-20-27)25-29-23(21-8-4-2-5-9-21)24(30-25)22-10-6-3-7-11-22/h2-11,26,28H,12-20H2,1H3,(H,29,30). The number of aromatic amines is 1. The quantitative estimate of drug-likeness (QED) is 0.497. The molecule has 1 aromatic heterocycles. The van der Waals surface area contributed by atoms with Gasteiger partial charge in [0.1, 0.15) is 0 Å². The molecular weight excluding hydrogens is 428 g/mol. The van der Waals surface area contributed by atoms with E-state index in [2.05, 4.69) is 46.4 Å². The third kappa shape index (κ3) is 5.56. The molecule has 0 unspecified atom stereocenters. The van der Waals surface area contributed by atoms with E-state index in [1.807, 2.05) is 36.4 Å². The molecule has 7 nitrogen and oxygen atoms in total. The van der Waals surface area contributed by atoms with Crippen LogP contribution >= 0.6 is 0 Å². The van der Waals surface area contributed by atoms with Crippen molar-refractivity contribution in [3.63, 3.8) is 0 Å². The summed E-state index contributed by atoms with van der Waals surface area (Å²) in [7, 11) is 0. The summed E-state index contributed by atoms with van der Waals surface area (Å²) in [6.07, 6.45) is -0.499. The van der Waals surface area contributed by atoms with E-state index in [9.17, 15) is 0 Å². The van der Waals surface area contributed by atoms with Gasteiger partial charge in [-0.1, -0.05) is 67.6 Å². The van der Waals surface area contributed by atoms with Crippen molar-refractivity contribution in [1.29, 1.82) is 0 Å². The van der Waals surface area contributed by atoms with Crippen LogP contribution in [0.2, 0.25) is 0 Å². The molecule has 0 aliphatic carbocycles. The van der Waals surface area contributed by atoms with Crippen molar-refractivity contribution in [1.82, 2.24) is 20.2 Å². The van der Waals surface area contributed by atoms with Crippen molar-refractivity contribution < 1.29 is 14.2 Å². The molecule has 2 aliphatic heterocycles. The lowest BCUT2D eigenvalue weighted by molar-refractivity contribution is -0.232. The van der Waals surface area contributed by atoms with Crippen molar-refractivity contribution in [3.8, 4) is 22.5 Å². The van der Waals surface area contributed by atoms with Crippen LogP contribution in [0.25, 0.3) is 22.5 Å². The third-order valence-electron chi connectivity index (χ3n) is 6.48. The van der Waals surface area contributed by atoms with E-state index < -0.39 is 6.29 Å². The van der Waals surface area contributed by atoms with Crippen LogP contribution in [0.15, 0.2) is 60.7 Å². The van der Waals surface area contributed by atoms with Crippen molar-refractivity contribution in [2.24, 2.45) is 5.41 Å². The van der Waals surface area contributed by atoms with Crippen LogP contribution in [-0.2, 0) is 14.2 Å². The normalized spacial score (nSPS) is 23.7. The molecule has 2 N–H and O–H groups in total. The van der Waals surface area contributed by atoms with Crippen LogP contribution in [0, 0.1) is 5.41 Å². The van der Waals surface area contributed by atoms with Gasteiger partial charge in [-0.25, -0.2) is 4.98 Å². The zero-order valence-electron chi connectivity index (χ0n) is 19.8. The number of rotatable bonds is 8. The van der Waals surface area contributed by atoms with Gasteiger partial charge in [0.05, 0.1) is 37.8 Å². The molecule has 5 rings (SSSR count). The predicted octanol–water partition coefficient (Wildman–Crippen LogP) is 3.72. The molecule has 0 spiro atoms. The average molecular weight is 463 g/mol. The maximum Gasteiger partial charge on any atom is 0.217 e. The summed E-state index contributed by atoms with van der Waals surface area (Å²) in [5.41, 5.74) is 3.97. The summed E-state index contributed by atoms with van der Waals surface area (Å²) in [5.74, 6) is 0.708. The Morgan fingerprint density at radius 2 is 1.62 bits per heavy atom. The van der Waals surface area contributed by atoms with Gasteiger partial charge in [-0.05, 0) is 0 Å². The Bertz CT molecular complexity index is 970. The number of imidazole rings is 1. The number of benzene rings is 2. The van der Waals surface area contributed by atoms with Crippen molar-refractivity contribution in [2.45, 2.75) is 13.2 Å². The van der Waals surface area contributed by atoms with Crippen LogP contribution in [0.4, 0.5) is 0 Å². The van der Waals surface area contributed by atoms with Gasteiger partial charge in [0.25, 0.3) is 0 Å². The minimum Gasteiger partial charge on any atom is -0.379 e. The van der Waals surface area contributed by atoms with Crippen LogP contribution in [-0.4, -0.2) is 74.0 Å². The number of H-pyrrole nitrogens is 1. The summed E-state index contributed by atoms with van der Waals surface area (Å²) < 4.78 is 17.8. The molecule has 0 atom stereocenters. The van der Waals surface area contributed by atoms with E-state index in [-0.39, 0.29) is 5.41 Å². The topological polar surface area (TPSA) is 71.6 Å². The number of hydrogen-bond donors (Lipinski definition) is 2. The van der Waals surface area contributed by atoms with Crippen molar-refractivity contribution in [2.75, 3.05) is 59.2 Å². The Balaban J connectivity index is 1.22.